The number of hydrogen-bond donors (Lipinski definition) is 5. The van der Waals surface area contributed by atoms with E-state index in [1.807, 2.05) is 26.1 Å². The zero-order valence-corrected chi connectivity index (χ0v) is 25.4. The van der Waals surface area contributed by atoms with Crippen molar-refractivity contribution in [1.29, 1.82) is 10.5 Å². The molecule has 0 aliphatic carbocycles. The standard InChI is InChI=1S/C9H11N3.C6H4BrN3.C5H6BrN3.C5H8N2.ClH/c1-9(2,6-10)8-4-3-7(11)5-12-8;7-5-3-9-6-4(10-5)1-2-8-6;6-3-1-4(7)5(8)9-2-3;6-4-5-2-1-3-7-5;/h3-5H,11H2,1-2H3;1-3H,(H,8,9);1-2H,7H2,(H2,8,9);5,7H,1-3H2;1H/t;;;5-;/m...1./s1. The molecule has 14 heteroatoms. The van der Waals surface area contributed by atoms with Gasteiger partial charge in [0.15, 0.2) is 5.65 Å². The first-order valence-corrected chi connectivity index (χ1v) is 13.0. The lowest BCUT2D eigenvalue weighted by Crippen LogP contribution is -2.18. The van der Waals surface area contributed by atoms with Gasteiger partial charge in [-0.1, -0.05) is 0 Å². The van der Waals surface area contributed by atoms with Gasteiger partial charge in [0.2, 0.25) is 0 Å². The van der Waals surface area contributed by atoms with Gasteiger partial charge in [0.1, 0.15) is 15.9 Å². The van der Waals surface area contributed by atoms with Gasteiger partial charge in [-0.15, -0.1) is 12.4 Å². The fourth-order valence-electron chi connectivity index (χ4n) is 2.90. The van der Waals surface area contributed by atoms with Gasteiger partial charge in [-0.3, -0.25) is 4.98 Å². The number of rotatable bonds is 1. The third-order valence-corrected chi connectivity index (χ3v) is 5.89. The van der Waals surface area contributed by atoms with Crippen molar-refractivity contribution >= 4 is 72.6 Å². The molecule has 11 nitrogen and oxygen atoms in total. The molecule has 0 saturated carbocycles. The second kappa shape index (κ2) is 16.5. The molecule has 0 spiro atoms. The Hall–Kier alpha value is -3.49. The fraction of sp³-hybridized carbons (Fsp3) is 0.280. The Kier molecular flexibility index (Phi) is 14.2. The summed E-state index contributed by atoms with van der Waals surface area (Å²) < 4.78 is 1.61. The Balaban J connectivity index is 0.000000262. The minimum Gasteiger partial charge on any atom is -0.397 e. The number of nitriles is 2. The molecule has 39 heavy (non-hydrogen) atoms. The van der Waals surface area contributed by atoms with E-state index >= 15 is 0 Å². The lowest BCUT2D eigenvalue weighted by atomic mass is 9.91. The Morgan fingerprint density at radius 1 is 1.03 bits per heavy atom. The first-order chi connectivity index (χ1) is 18.1. The summed E-state index contributed by atoms with van der Waals surface area (Å²) in [5.74, 6) is 0.373. The van der Waals surface area contributed by atoms with Gasteiger partial charge in [-0.25, -0.2) is 15.0 Å². The van der Waals surface area contributed by atoms with Gasteiger partial charge >= 0.3 is 0 Å². The summed E-state index contributed by atoms with van der Waals surface area (Å²) in [7, 11) is 0. The van der Waals surface area contributed by atoms with Crippen molar-refractivity contribution in [3.05, 3.63) is 63.8 Å². The smallest absolute Gasteiger partial charge is 0.156 e. The number of aromatic amines is 1. The minimum atomic E-state index is -0.534. The molecular weight excluding hydrogens is 650 g/mol. The molecule has 0 aromatic carbocycles. The van der Waals surface area contributed by atoms with Crippen LogP contribution in [0.1, 0.15) is 32.4 Å². The lowest BCUT2D eigenvalue weighted by Gasteiger charge is -2.13. The summed E-state index contributed by atoms with van der Waals surface area (Å²) in [6, 6.07) is 11.6. The Morgan fingerprint density at radius 2 is 1.77 bits per heavy atom. The average molecular weight is 680 g/mol. The van der Waals surface area contributed by atoms with E-state index in [1.54, 1.807) is 36.8 Å². The van der Waals surface area contributed by atoms with Gasteiger partial charge in [0.05, 0.1) is 53.1 Å². The van der Waals surface area contributed by atoms with Crippen molar-refractivity contribution in [1.82, 2.24) is 30.2 Å². The molecule has 4 aromatic heterocycles. The second-order valence-electron chi connectivity index (χ2n) is 8.52. The first kappa shape index (κ1) is 33.5. The predicted octanol–water partition coefficient (Wildman–Crippen LogP) is 4.88. The molecule has 5 rings (SSSR count). The maximum atomic E-state index is 8.80. The molecule has 0 unspecified atom stereocenters. The highest BCUT2D eigenvalue weighted by molar-refractivity contribution is 9.10. The molecule has 1 saturated heterocycles. The van der Waals surface area contributed by atoms with Crippen molar-refractivity contribution in [2.75, 3.05) is 23.7 Å². The van der Waals surface area contributed by atoms with Crippen LogP contribution < -0.4 is 22.5 Å². The topological polar surface area (TPSA) is 205 Å². The number of nitrogens with one attached hydrogen (secondary N) is 2. The van der Waals surface area contributed by atoms with Gasteiger partial charge in [0, 0.05) is 16.9 Å². The molecule has 4 aromatic rings. The van der Waals surface area contributed by atoms with Crippen LogP contribution in [0.2, 0.25) is 0 Å². The fourth-order valence-corrected chi connectivity index (χ4v) is 3.54. The highest BCUT2D eigenvalue weighted by atomic mass is 79.9. The number of halogens is 3. The summed E-state index contributed by atoms with van der Waals surface area (Å²) in [5.41, 5.74) is 19.2. The van der Waals surface area contributed by atoms with E-state index in [4.69, 9.17) is 27.7 Å². The zero-order valence-electron chi connectivity index (χ0n) is 21.4. The number of fused-ring (bicyclic) bond motifs is 1. The number of nitrogens with zero attached hydrogens (tertiary/aromatic N) is 6. The molecule has 1 atom stereocenters. The number of anilines is 3. The molecule has 5 heterocycles. The van der Waals surface area contributed by atoms with Crippen LogP contribution in [0.4, 0.5) is 17.2 Å². The van der Waals surface area contributed by atoms with Crippen LogP contribution in [0.25, 0.3) is 11.2 Å². The van der Waals surface area contributed by atoms with E-state index in [0.717, 1.165) is 45.3 Å². The number of nitrogens with two attached hydrogens (primary N) is 3. The molecule has 0 radical (unpaired) electrons. The van der Waals surface area contributed by atoms with Crippen LogP contribution in [0.3, 0.4) is 0 Å². The maximum Gasteiger partial charge on any atom is 0.156 e. The average Bonchev–Trinajstić information content (AvgIpc) is 3.60. The molecule has 1 aliphatic rings. The summed E-state index contributed by atoms with van der Waals surface area (Å²) in [5, 5.41) is 20.1. The normalized spacial score (nSPS) is 13.5. The molecule has 206 valence electrons. The Morgan fingerprint density at radius 3 is 2.28 bits per heavy atom. The summed E-state index contributed by atoms with van der Waals surface area (Å²) in [6.07, 6.45) is 8.85. The van der Waals surface area contributed by atoms with Crippen molar-refractivity contribution < 1.29 is 0 Å². The van der Waals surface area contributed by atoms with Crippen molar-refractivity contribution in [3.8, 4) is 12.1 Å². The van der Waals surface area contributed by atoms with Crippen LogP contribution in [-0.4, -0.2) is 37.5 Å². The van der Waals surface area contributed by atoms with E-state index in [0.29, 0.717) is 17.2 Å². The summed E-state index contributed by atoms with van der Waals surface area (Å²) in [4.78, 5) is 19.0. The van der Waals surface area contributed by atoms with Gasteiger partial charge in [-0.05, 0) is 89.4 Å². The highest BCUT2D eigenvalue weighted by Gasteiger charge is 2.20. The van der Waals surface area contributed by atoms with Crippen LogP contribution in [0, 0.1) is 22.7 Å². The number of nitrogen functional groups attached to an aromatic ring is 3. The number of aromatic nitrogens is 5. The zero-order chi connectivity index (χ0) is 28.1. The second-order valence-corrected chi connectivity index (χ2v) is 10.3. The molecular formula is C25H30Br2ClN11. The summed E-state index contributed by atoms with van der Waals surface area (Å²) >= 11 is 6.43. The lowest BCUT2D eigenvalue weighted by molar-refractivity contribution is 0.660. The Bertz CT molecular complexity index is 1390. The minimum absolute atomic E-state index is 0. The van der Waals surface area contributed by atoms with Crippen molar-refractivity contribution in [2.45, 2.75) is 38.1 Å². The predicted molar refractivity (Wildman–Crippen MR) is 164 cm³/mol. The number of H-pyrrole nitrogens is 1. The summed E-state index contributed by atoms with van der Waals surface area (Å²) in [6.45, 7) is 4.68. The number of hydrogen-bond acceptors (Lipinski definition) is 10. The van der Waals surface area contributed by atoms with E-state index in [2.05, 4.69) is 74.2 Å². The highest BCUT2D eigenvalue weighted by Crippen LogP contribution is 2.20. The van der Waals surface area contributed by atoms with Crippen molar-refractivity contribution in [2.24, 2.45) is 0 Å². The third-order valence-electron chi connectivity index (χ3n) is 5.07. The van der Waals surface area contributed by atoms with Crippen LogP contribution >= 0.6 is 44.3 Å². The quantitative estimate of drug-likeness (QED) is 0.184. The first-order valence-electron chi connectivity index (χ1n) is 11.4. The van der Waals surface area contributed by atoms with Crippen LogP contribution in [0.15, 0.2) is 58.1 Å². The molecule has 0 bridgehead atoms. The van der Waals surface area contributed by atoms with E-state index in [1.165, 1.54) is 0 Å². The molecule has 1 fully saturated rings. The molecule has 1 aliphatic heterocycles. The SMILES string of the molecule is Brc1cnc2[nH]ccc2n1.CC(C)(C#N)c1ccc(N)cn1.Cl.N#C[C@H]1CCCN1.Nc1cc(Br)cnc1N. The monoisotopic (exact) mass is 677 g/mol. The molecule has 8 N–H and O–H groups in total. The van der Waals surface area contributed by atoms with E-state index < -0.39 is 5.41 Å². The van der Waals surface area contributed by atoms with E-state index in [9.17, 15) is 0 Å². The van der Waals surface area contributed by atoms with Crippen molar-refractivity contribution in [3.63, 3.8) is 0 Å². The maximum absolute atomic E-state index is 8.80. The van der Waals surface area contributed by atoms with Crippen LogP contribution in [-0.2, 0) is 5.41 Å². The van der Waals surface area contributed by atoms with E-state index in [-0.39, 0.29) is 18.4 Å². The van der Waals surface area contributed by atoms with Gasteiger partial charge < -0.3 is 27.5 Å². The number of pyridine rings is 2. The Labute approximate surface area is 250 Å². The van der Waals surface area contributed by atoms with Gasteiger partial charge in [-0.2, -0.15) is 10.5 Å². The largest absolute Gasteiger partial charge is 0.397 e. The third kappa shape index (κ3) is 11.4. The van der Waals surface area contributed by atoms with Crippen LogP contribution in [0.5, 0.6) is 0 Å². The van der Waals surface area contributed by atoms with Gasteiger partial charge in [0.25, 0.3) is 0 Å². The molecule has 0 amide bonds.